The number of nitrogens with one attached hydrogen (secondary N) is 1. The first-order valence-corrected chi connectivity index (χ1v) is 8.15. The average Bonchev–Trinajstić information content (AvgIpc) is 3.02. The fraction of sp³-hybridized carbons (Fsp3) is 0.143. The van der Waals surface area contributed by atoms with Crippen LogP contribution in [0.5, 0.6) is 5.75 Å². The predicted octanol–water partition coefficient (Wildman–Crippen LogP) is 4.58. The lowest BCUT2D eigenvalue weighted by atomic mass is 10.2. The van der Waals surface area contributed by atoms with Gasteiger partial charge in [-0.1, -0.05) is 11.6 Å². The summed E-state index contributed by atoms with van der Waals surface area (Å²) >= 11 is 9.07. The van der Waals surface area contributed by atoms with Crippen molar-refractivity contribution in [3.05, 3.63) is 39.2 Å². The van der Waals surface area contributed by atoms with Crippen LogP contribution in [0, 0.1) is 6.92 Å². The normalized spacial score (nSPS) is 10.8. The quantitative estimate of drug-likeness (QED) is 0.760. The number of benzene rings is 1. The van der Waals surface area contributed by atoms with E-state index < -0.39 is 0 Å². The molecule has 0 aliphatic heterocycles. The van der Waals surface area contributed by atoms with Gasteiger partial charge in [-0.2, -0.15) is 0 Å². The molecule has 0 aliphatic carbocycles. The summed E-state index contributed by atoms with van der Waals surface area (Å²) in [6.45, 7) is 1.88. The summed E-state index contributed by atoms with van der Waals surface area (Å²) in [5.41, 5.74) is 0.877. The van der Waals surface area contributed by atoms with E-state index in [2.05, 4.69) is 10.3 Å². The third-order valence-corrected chi connectivity index (χ3v) is 5.43. The Morgan fingerprint density at radius 1 is 1.43 bits per heavy atom. The molecule has 0 saturated carbocycles. The fourth-order valence-corrected chi connectivity index (χ4v) is 3.95. The van der Waals surface area contributed by atoms with E-state index in [1.54, 1.807) is 7.11 Å². The fourth-order valence-electron chi connectivity index (χ4n) is 1.88. The minimum Gasteiger partial charge on any atom is -0.497 e. The van der Waals surface area contributed by atoms with Crippen LogP contribution < -0.4 is 10.1 Å². The van der Waals surface area contributed by atoms with Gasteiger partial charge in [-0.15, -0.1) is 22.7 Å². The van der Waals surface area contributed by atoms with Crippen LogP contribution in [-0.2, 0) is 0 Å². The molecule has 0 radical (unpaired) electrons. The number of nitrogens with zero attached hydrogens (tertiary/aromatic N) is 1. The Hall–Kier alpha value is -1.63. The topological polar surface area (TPSA) is 51.2 Å². The molecule has 0 bridgehead atoms. The van der Waals surface area contributed by atoms with Crippen molar-refractivity contribution in [2.75, 3.05) is 12.4 Å². The molecule has 21 heavy (non-hydrogen) atoms. The van der Waals surface area contributed by atoms with E-state index in [0.29, 0.717) is 20.8 Å². The maximum Gasteiger partial charge on any atom is 0.269 e. The van der Waals surface area contributed by atoms with Gasteiger partial charge in [0.2, 0.25) is 0 Å². The number of thiophene rings is 1. The van der Waals surface area contributed by atoms with Crippen LogP contribution in [0.2, 0.25) is 5.02 Å². The number of methoxy groups -OCH3 is 1. The smallest absolute Gasteiger partial charge is 0.269 e. The predicted molar refractivity (Wildman–Crippen MR) is 88.2 cm³/mol. The van der Waals surface area contributed by atoms with Crippen molar-refractivity contribution in [3.63, 3.8) is 0 Å². The maximum atomic E-state index is 12.3. The lowest BCUT2D eigenvalue weighted by Crippen LogP contribution is -2.10. The zero-order valence-corrected chi connectivity index (χ0v) is 13.7. The molecule has 3 aromatic rings. The molecule has 0 spiro atoms. The summed E-state index contributed by atoms with van der Waals surface area (Å²) in [6.07, 6.45) is 0. The number of carbonyl (C=O) groups excluding carboxylic acids is 1. The van der Waals surface area contributed by atoms with Crippen molar-refractivity contribution in [2.24, 2.45) is 0 Å². The Kier molecular flexibility index (Phi) is 3.84. The number of anilines is 1. The van der Waals surface area contributed by atoms with Crippen LogP contribution in [0.4, 0.5) is 5.13 Å². The molecular formula is C14H11ClN2O2S2. The molecular weight excluding hydrogens is 328 g/mol. The number of thiazole rings is 1. The van der Waals surface area contributed by atoms with Crippen molar-refractivity contribution in [1.29, 1.82) is 0 Å². The van der Waals surface area contributed by atoms with Gasteiger partial charge in [0.05, 0.1) is 17.8 Å². The number of amides is 1. The Labute approximate surface area is 134 Å². The number of fused-ring (bicyclic) bond motifs is 1. The number of rotatable bonds is 3. The van der Waals surface area contributed by atoms with Gasteiger partial charge in [-0.3, -0.25) is 10.1 Å². The standard InChI is InChI=1S/C14H11ClN2O2S2/c1-7-6-20-14(16-7)17-13(18)12-11(15)9-5-8(19-2)3-4-10(9)21-12/h3-6H,1-2H3,(H,16,17,18). The van der Waals surface area contributed by atoms with Gasteiger partial charge in [0.25, 0.3) is 5.91 Å². The molecule has 0 saturated heterocycles. The lowest BCUT2D eigenvalue weighted by molar-refractivity contribution is 0.103. The van der Waals surface area contributed by atoms with Gasteiger partial charge in [0, 0.05) is 15.5 Å². The first-order valence-electron chi connectivity index (χ1n) is 6.08. The number of hydrogen-bond acceptors (Lipinski definition) is 5. The Morgan fingerprint density at radius 2 is 2.24 bits per heavy atom. The highest BCUT2D eigenvalue weighted by Crippen LogP contribution is 2.37. The number of aryl methyl sites for hydroxylation is 1. The molecule has 1 aromatic carbocycles. The van der Waals surface area contributed by atoms with E-state index in [1.807, 2.05) is 30.5 Å². The minimum atomic E-state index is -0.241. The first-order chi connectivity index (χ1) is 10.1. The van der Waals surface area contributed by atoms with E-state index in [1.165, 1.54) is 22.7 Å². The summed E-state index contributed by atoms with van der Waals surface area (Å²) < 4.78 is 6.13. The van der Waals surface area contributed by atoms with Gasteiger partial charge < -0.3 is 4.74 Å². The number of carbonyl (C=O) groups is 1. The zero-order chi connectivity index (χ0) is 15.0. The molecule has 7 heteroatoms. The summed E-state index contributed by atoms with van der Waals surface area (Å²) in [5, 5.41) is 6.49. The molecule has 2 heterocycles. The number of aromatic nitrogens is 1. The van der Waals surface area contributed by atoms with Crippen molar-refractivity contribution in [3.8, 4) is 5.75 Å². The van der Waals surface area contributed by atoms with Crippen LogP contribution in [0.25, 0.3) is 10.1 Å². The lowest BCUT2D eigenvalue weighted by Gasteiger charge is -1.99. The van der Waals surface area contributed by atoms with E-state index in [-0.39, 0.29) is 5.91 Å². The summed E-state index contributed by atoms with van der Waals surface area (Å²) in [5.74, 6) is 0.472. The van der Waals surface area contributed by atoms with Gasteiger partial charge in [-0.25, -0.2) is 4.98 Å². The molecule has 0 aliphatic rings. The van der Waals surface area contributed by atoms with E-state index in [4.69, 9.17) is 16.3 Å². The van der Waals surface area contributed by atoms with E-state index in [9.17, 15) is 4.79 Å². The summed E-state index contributed by atoms with van der Waals surface area (Å²) in [4.78, 5) is 17.0. The Balaban J connectivity index is 1.96. The first kappa shape index (κ1) is 14.3. The molecule has 1 amide bonds. The van der Waals surface area contributed by atoms with E-state index in [0.717, 1.165) is 15.8 Å². The molecule has 0 fully saturated rings. The molecule has 2 aromatic heterocycles. The molecule has 0 unspecified atom stereocenters. The Morgan fingerprint density at radius 3 is 2.90 bits per heavy atom. The summed E-state index contributed by atoms with van der Waals surface area (Å²) in [6, 6.07) is 5.58. The second-order valence-corrected chi connectivity index (χ2v) is 6.64. The third-order valence-electron chi connectivity index (χ3n) is 2.88. The molecule has 3 rings (SSSR count). The zero-order valence-electron chi connectivity index (χ0n) is 11.3. The second-order valence-electron chi connectivity index (χ2n) is 4.36. The molecule has 1 N–H and O–H groups in total. The molecule has 4 nitrogen and oxygen atoms in total. The van der Waals surface area contributed by atoms with Crippen molar-refractivity contribution in [1.82, 2.24) is 4.98 Å². The van der Waals surface area contributed by atoms with Crippen LogP contribution in [0.3, 0.4) is 0 Å². The monoisotopic (exact) mass is 338 g/mol. The largest absolute Gasteiger partial charge is 0.497 e. The number of hydrogen-bond donors (Lipinski definition) is 1. The van der Waals surface area contributed by atoms with Crippen LogP contribution in [0.15, 0.2) is 23.6 Å². The number of ether oxygens (including phenoxy) is 1. The maximum absolute atomic E-state index is 12.3. The Bertz CT molecular complexity index is 826. The highest BCUT2D eigenvalue weighted by atomic mass is 35.5. The second kappa shape index (κ2) is 5.63. The highest BCUT2D eigenvalue weighted by Gasteiger charge is 2.18. The summed E-state index contributed by atoms with van der Waals surface area (Å²) in [7, 11) is 1.60. The van der Waals surface area contributed by atoms with Gasteiger partial charge in [0.1, 0.15) is 10.6 Å². The van der Waals surface area contributed by atoms with Crippen LogP contribution in [-0.4, -0.2) is 18.0 Å². The molecule has 108 valence electrons. The number of halogens is 1. The van der Waals surface area contributed by atoms with Crippen LogP contribution >= 0.6 is 34.3 Å². The third kappa shape index (κ3) is 2.74. The molecule has 0 atom stereocenters. The van der Waals surface area contributed by atoms with Crippen LogP contribution in [0.1, 0.15) is 15.4 Å². The van der Waals surface area contributed by atoms with Crippen molar-refractivity contribution in [2.45, 2.75) is 6.92 Å². The van der Waals surface area contributed by atoms with Gasteiger partial charge in [0.15, 0.2) is 5.13 Å². The van der Waals surface area contributed by atoms with Gasteiger partial charge in [-0.05, 0) is 25.1 Å². The SMILES string of the molecule is COc1ccc2sc(C(=O)Nc3nc(C)cs3)c(Cl)c2c1. The minimum absolute atomic E-state index is 0.241. The van der Waals surface area contributed by atoms with Crippen molar-refractivity contribution >= 4 is 55.4 Å². The average molecular weight is 339 g/mol. The van der Waals surface area contributed by atoms with Gasteiger partial charge >= 0.3 is 0 Å². The van der Waals surface area contributed by atoms with E-state index >= 15 is 0 Å². The van der Waals surface area contributed by atoms with Crippen molar-refractivity contribution < 1.29 is 9.53 Å². The highest BCUT2D eigenvalue weighted by molar-refractivity contribution is 7.21.